The summed E-state index contributed by atoms with van der Waals surface area (Å²) in [5.74, 6) is 0.239. The fourth-order valence-corrected chi connectivity index (χ4v) is 4.84. The van der Waals surface area contributed by atoms with E-state index in [1.807, 2.05) is 37.3 Å². The Morgan fingerprint density at radius 1 is 1.11 bits per heavy atom. The van der Waals surface area contributed by atoms with Gasteiger partial charge in [0.15, 0.2) is 5.16 Å². The Hall–Kier alpha value is -2.11. The van der Waals surface area contributed by atoms with Crippen LogP contribution >= 0.6 is 23.4 Å². The molecule has 1 aliphatic carbocycles. The quantitative estimate of drug-likeness (QED) is 0.585. The third-order valence-electron chi connectivity index (χ3n) is 4.97. The van der Waals surface area contributed by atoms with E-state index in [4.69, 9.17) is 16.6 Å². The van der Waals surface area contributed by atoms with Gasteiger partial charge in [-0.3, -0.25) is 14.2 Å². The number of carbonyl (C=O) groups excluding carboxylic acids is 1. The van der Waals surface area contributed by atoms with Gasteiger partial charge in [0, 0.05) is 11.4 Å². The van der Waals surface area contributed by atoms with E-state index in [0.29, 0.717) is 33.2 Å². The third kappa shape index (κ3) is 3.42. The van der Waals surface area contributed by atoms with E-state index in [1.54, 1.807) is 16.7 Å². The average Bonchev–Trinajstić information content (AvgIpc) is 2.67. The van der Waals surface area contributed by atoms with Crippen LogP contribution in [0.25, 0.3) is 16.6 Å². The molecule has 0 aliphatic heterocycles. The van der Waals surface area contributed by atoms with Gasteiger partial charge >= 0.3 is 0 Å². The average molecular weight is 399 g/mol. The lowest BCUT2D eigenvalue weighted by atomic mass is 9.99. The second-order valence-corrected chi connectivity index (χ2v) is 8.33. The van der Waals surface area contributed by atoms with Crippen molar-refractivity contribution >= 4 is 40.0 Å². The number of rotatable bonds is 3. The number of fused-ring (bicyclic) bond motifs is 1. The van der Waals surface area contributed by atoms with Gasteiger partial charge in [-0.15, -0.1) is 0 Å². The van der Waals surface area contributed by atoms with Crippen molar-refractivity contribution in [1.82, 2.24) is 9.55 Å². The van der Waals surface area contributed by atoms with Gasteiger partial charge in [0.05, 0.1) is 21.8 Å². The first-order chi connectivity index (χ1) is 13.1. The minimum Gasteiger partial charge on any atom is -0.298 e. The number of nitrogens with zero attached hydrogens (tertiary/aromatic N) is 2. The molecule has 1 fully saturated rings. The molecule has 0 saturated heterocycles. The first-order valence-corrected chi connectivity index (χ1v) is 10.3. The zero-order chi connectivity index (χ0) is 19.0. The number of halogens is 1. The number of thioether (sulfide) groups is 1. The van der Waals surface area contributed by atoms with E-state index in [1.165, 1.54) is 11.8 Å². The first kappa shape index (κ1) is 18.3. The second-order valence-electron chi connectivity index (χ2n) is 6.75. The van der Waals surface area contributed by atoms with Gasteiger partial charge in [-0.25, -0.2) is 4.98 Å². The summed E-state index contributed by atoms with van der Waals surface area (Å²) in [7, 11) is 0. The van der Waals surface area contributed by atoms with Gasteiger partial charge in [0.1, 0.15) is 5.78 Å². The summed E-state index contributed by atoms with van der Waals surface area (Å²) in [5.41, 5.74) is 2.02. The van der Waals surface area contributed by atoms with Crippen molar-refractivity contribution in [1.29, 1.82) is 0 Å². The van der Waals surface area contributed by atoms with Crippen molar-refractivity contribution < 1.29 is 4.79 Å². The van der Waals surface area contributed by atoms with Gasteiger partial charge in [-0.1, -0.05) is 48.0 Å². The van der Waals surface area contributed by atoms with Gasteiger partial charge in [0.2, 0.25) is 0 Å². The number of hydrogen-bond donors (Lipinski definition) is 0. The third-order valence-corrected chi connectivity index (χ3v) is 6.65. The highest BCUT2D eigenvalue weighted by atomic mass is 35.5. The lowest BCUT2D eigenvalue weighted by molar-refractivity contribution is -0.119. The SMILES string of the molecule is Cc1c(Cl)cccc1-n1c(S[C@@H]2CCCCC2=O)nc2ccccc2c1=O. The Labute approximate surface area is 166 Å². The Kier molecular flexibility index (Phi) is 5.06. The highest BCUT2D eigenvalue weighted by Crippen LogP contribution is 2.33. The predicted molar refractivity (Wildman–Crippen MR) is 110 cm³/mol. The van der Waals surface area contributed by atoms with Crippen LogP contribution in [0.1, 0.15) is 31.2 Å². The standard InChI is InChI=1S/C21H19ClN2O2S/c1-13-15(22)8-6-10-17(13)24-20(26)14-7-2-3-9-16(14)23-21(24)27-19-12-5-4-11-18(19)25/h2-3,6-10,19H,4-5,11-12H2,1H3/t19-/m1/s1. The summed E-state index contributed by atoms with van der Waals surface area (Å²) < 4.78 is 1.61. The molecule has 0 spiro atoms. The summed E-state index contributed by atoms with van der Waals surface area (Å²) in [6.45, 7) is 1.89. The zero-order valence-corrected chi connectivity index (χ0v) is 16.5. The molecule has 0 N–H and O–H groups in total. The van der Waals surface area contributed by atoms with Crippen molar-refractivity contribution in [2.24, 2.45) is 0 Å². The summed E-state index contributed by atoms with van der Waals surface area (Å²) in [6, 6.07) is 12.8. The molecule has 1 aromatic heterocycles. The summed E-state index contributed by atoms with van der Waals surface area (Å²) in [5, 5.41) is 1.54. The Balaban J connectivity index is 1.94. The molecule has 3 aromatic rings. The first-order valence-electron chi connectivity index (χ1n) is 9.03. The molecule has 2 aromatic carbocycles. The van der Waals surface area contributed by atoms with Crippen LogP contribution in [0.2, 0.25) is 5.02 Å². The van der Waals surface area contributed by atoms with Crippen LogP contribution in [0.3, 0.4) is 0 Å². The van der Waals surface area contributed by atoms with Crippen molar-refractivity contribution in [3.8, 4) is 5.69 Å². The van der Waals surface area contributed by atoms with E-state index in [0.717, 1.165) is 24.8 Å². The summed E-state index contributed by atoms with van der Waals surface area (Å²) in [4.78, 5) is 30.4. The number of para-hydroxylation sites is 1. The number of benzene rings is 2. The predicted octanol–water partition coefficient (Wildman–Crippen LogP) is 4.95. The minimum atomic E-state index is -0.155. The lowest BCUT2D eigenvalue weighted by Crippen LogP contribution is -2.26. The van der Waals surface area contributed by atoms with Crippen LogP contribution in [0.15, 0.2) is 52.4 Å². The van der Waals surface area contributed by atoms with E-state index < -0.39 is 0 Å². The van der Waals surface area contributed by atoms with Crippen molar-refractivity contribution in [2.75, 3.05) is 0 Å². The normalized spacial score (nSPS) is 17.4. The van der Waals surface area contributed by atoms with Crippen LogP contribution in [-0.2, 0) is 4.79 Å². The Morgan fingerprint density at radius 3 is 2.74 bits per heavy atom. The van der Waals surface area contributed by atoms with Crippen LogP contribution in [0.5, 0.6) is 0 Å². The molecule has 0 unspecified atom stereocenters. The lowest BCUT2D eigenvalue weighted by Gasteiger charge is -2.22. The number of Topliss-reactive ketones (excluding diaryl/α,β-unsaturated/α-hetero) is 1. The van der Waals surface area contributed by atoms with Crippen LogP contribution in [0, 0.1) is 6.92 Å². The zero-order valence-electron chi connectivity index (χ0n) is 14.9. The molecule has 1 saturated carbocycles. The Morgan fingerprint density at radius 2 is 1.93 bits per heavy atom. The Bertz CT molecular complexity index is 1090. The number of ketones is 1. The molecule has 0 amide bonds. The van der Waals surface area contributed by atoms with Crippen LogP contribution in [0.4, 0.5) is 0 Å². The minimum absolute atomic E-state index is 0.142. The van der Waals surface area contributed by atoms with Crippen molar-refractivity contribution in [3.05, 3.63) is 63.4 Å². The van der Waals surface area contributed by atoms with Crippen LogP contribution < -0.4 is 5.56 Å². The molecule has 4 rings (SSSR count). The van der Waals surface area contributed by atoms with Gasteiger partial charge in [-0.05, 0) is 49.6 Å². The van der Waals surface area contributed by atoms with E-state index in [2.05, 4.69) is 0 Å². The maximum Gasteiger partial charge on any atom is 0.266 e. The maximum atomic E-state index is 13.3. The molecule has 1 aliphatic rings. The van der Waals surface area contributed by atoms with Crippen molar-refractivity contribution in [2.45, 2.75) is 43.0 Å². The number of carbonyl (C=O) groups is 1. The van der Waals surface area contributed by atoms with Crippen molar-refractivity contribution in [3.63, 3.8) is 0 Å². The van der Waals surface area contributed by atoms with E-state index >= 15 is 0 Å². The highest BCUT2D eigenvalue weighted by molar-refractivity contribution is 8.00. The van der Waals surface area contributed by atoms with Gasteiger partial charge < -0.3 is 0 Å². The van der Waals surface area contributed by atoms with Gasteiger partial charge in [-0.2, -0.15) is 0 Å². The number of aromatic nitrogens is 2. The highest BCUT2D eigenvalue weighted by Gasteiger charge is 2.26. The largest absolute Gasteiger partial charge is 0.298 e. The molecule has 4 nitrogen and oxygen atoms in total. The fourth-order valence-electron chi connectivity index (χ4n) is 3.44. The second kappa shape index (κ2) is 7.49. The molecule has 27 heavy (non-hydrogen) atoms. The molecule has 6 heteroatoms. The molecule has 1 heterocycles. The number of hydrogen-bond acceptors (Lipinski definition) is 4. The molecule has 0 bridgehead atoms. The smallest absolute Gasteiger partial charge is 0.266 e. The maximum absolute atomic E-state index is 13.3. The molecule has 0 radical (unpaired) electrons. The summed E-state index contributed by atoms with van der Waals surface area (Å²) in [6.07, 6.45) is 3.39. The molecular weight excluding hydrogens is 380 g/mol. The van der Waals surface area contributed by atoms with E-state index in [9.17, 15) is 9.59 Å². The molecule has 138 valence electrons. The molecular formula is C21H19ClN2O2S. The van der Waals surface area contributed by atoms with Gasteiger partial charge in [0.25, 0.3) is 5.56 Å². The molecule has 1 atom stereocenters. The van der Waals surface area contributed by atoms with Crippen LogP contribution in [-0.4, -0.2) is 20.6 Å². The summed E-state index contributed by atoms with van der Waals surface area (Å²) >= 11 is 7.70. The monoisotopic (exact) mass is 398 g/mol. The van der Waals surface area contributed by atoms with E-state index in [-0.39, 0.29) is 16.6 Å². The fraction of sp³-hybridized carbons (Fsp3) is 0.286. The topological polar surface area (TPSA) is 52.0 Å².